The largest absolute Gasteiger partial charge is 0.507 e. The van der Waals surface area contributed by atoms with Crippen LogP contribution in [0.15, 0.2) is 47.5 Å². The van der Waals surface area contributed by atoms with Crippen LogP contribution in [0.25, 0.3) is 0 Å². The monoisotopic (exact) mass is 257 g/mol. The Hall–Kier alpha value is -2.82. The van der Waals surface area contributed by atoms with E-state index in [0.717, 1.165) is 6.07 Å². The summed E-state index contributed by atoms with van der Waals surface area (Å²) in [5.41, 5.74) is 0.719. The zero-order chi connectivity index (χ0) is 13.8. The molecule has 0 heterocycles. The van der Waals surface area contributed by atoms with E-state index >= 15 is 0 Å². The number of hydrogen-bond acceptors (Lipinski definition) is 4. The zero-order valence-electron chi connectivity index (χ0n) is 9.82. The van der Waals surface area contributed by atoms with Crippen molar-refractivity contribution in [1.29, 1.82) is 0 Å². The molecule has 0 fully saturated rings. The summed E-state index contributed by atoms with van der Waals surface area (Å²) in [5.74, 6) is -1.27. The van der Waals surface area contributed by atoms with E-state index in [0.29, 0.717) is 5.56 Å². The highest BCUT2D eigenvalue weighted by Gasteiger charge is 2.06. The Kier molecular flexibility index (Phi) is 3.47. The second-order valence-corrected chi connectivity index (χ2v) is 3.83. The van der Waals surface area contributed by atoms with Crippen LogP contribution < -0.4 is 0 Å². The number of aromatic carboxylic acids is 1. The normalized spacial score (nSPS) is 10.7. The van der Waals surface area contributed by atoms with Crippen molar-refractivity contribution in [2.24, 2.45) is 4.99 Å². The Morgan fingerprint density at radius 2 is 1.79 bits per heavy atom. The number of phenolic OH excluding ortho intramolecular Hbond substituents is 2. The maximum absolute atomic E-state index is 10.7. The van der Waals surface area contributed by atoms with Crippen molar-refractivity contribution in [3.63, 3.8) is 0 Å². The minimum atomic E-state index is -1.12. The molecule has 0 aliphatic heterocycles. The van der Waals surface area contributed by atoms with Gasteiger partial charge in [-0.25, -0.2) is 4.79 Å². The van der Waals surface area contributed by atoms with Gasteiger partial charge in [-0.3, -0.25) is 4.99 Å². The van der Waals surface area contributed by atoms with Crippen molar-refractivity contribution in [2.75, 3.05) is 0 Å². The van der Waals surface area contributed by atoms with Gasteiger partial charge in [0.25, 0.3) is 0 Å². The van der Waals surface area contributed by atoms with Gasteiger partial charge in [-0.1, -0.05) is 12.1 Å². The number of benzene rings is 2. The van der Waals surface area contributed by atoms with Gasteiger partial charge in [-0.2, -0.15) is 0 Å². The fraction of sp³-hybridized carbons (Fsp3) is 0. The molecule has 0 spiro atoms. The first-order valence-corrected chi connectivity index (χ1v) is 5.46. The lowest BCUT2D eigenvalue weighted by atomic mass is 10.2. The number of carboxylic acids is 1. The smallest absolute Gasteiger partial charge is 0.335 e. The molecule has 0 saturated heterocycles. The molecule has 0 amide bonds. The van der Waals surface area contributed by atoms with Gasteiger partial charge in [-0.05, 0) is 30.3 Å². The molecule has 5 nitrogen and oxygen atoms in total. The Labute approximate surface area is 109 Å². The number of hydrogen-bond donors (Lipinski definition) is 3. The van der Waals surface area contributed by atoms with Gasteiger partial charge in [0.2, 0.25) is 0 Å². The molecular weight excluding hydrogens is 246 g/mol. The van der Waals surface area contributed by atoms with Crippen LogP contribution in [0, 0.1) is 0 Å². The van der Waals surface area contributed by atoms with E-state index in [1.165, 1.54) is 24.4 Å². The maximum atomic E-state index is 10.7. The Morgan fingerprint density at radius 3 is 2.42 bits per heavy atom. The van der Waals surface area contributed by atoms with Gasteiger partial charge in [-0.15, -0.1) is 0 Å². The lowest BCUT2D eigenvalue weighted by Crippen LogP contribution is -1.94. The van der Waals surface area contributed by atoms with Crippen LogP contribution in [0.1, 0.15) is 15.9 Å². The Morgan fingerprint density at radius 1 is 1.05 bits per heavy atom. The highest BCUT2D eigenvalue weighted by atomic mass is 16.4. The van der Waals surface area contributed by atoms with E-state index in [4.69, 9.17) is 5.11 Å². The summed E-state index contributed by atoms with van der Waals surface area (Å²) in [6.07, 6.45) is 1.39. The molecule has 19 heavy (non-hydrogen) atoms. The molecule has 0 aliphatic rings. The molecule has 0 atom stereocenters. The number of carboxylic acid groups (broad SMARTS) is 1. The second-order valence-electron chi connectivity index (χ2n) is 3.83. The summed E-state index contributed by atoms with van der Waals surface area (Å²) in [6, 6.07) is 10.5. The average molecular weight is 257 g/mol. The van der Waals surface area contributed by atoms with Crippen molar-refractivity contribution >= 4 is 17.9 Å². The molecule has 0 aliphatic carbocycles. The summed E-state index contributed by atoms with van der Waals surface area (Å²) in [7, 11) is 0. The fourth-order valence-corrected chi connectivity index (χ4v) is 1.50. The number of phenols is 2. The fourth-order valence-electron chi connectivity index (χ4n) is 1.50. The maximum Gasteiger partial charge on any atom is 0.335 e. The van der Waals surface area contributed by atoms with Crippen LogP contribution in [0.5, 0.6) is 11.5 Å². The summed E-state index contributed by atoms with van der Waals surface area (Å²) in [5, 5.41) is 28.0. The summed E-state index contributed by atoms with van der Waals surface area (Å²) < 4.78 is 0. The Bertz CT molecular complexity index is 650. The molecule has 2 aromatic rings. The van der Waals surface area contributed by atoms with Crippen molar-refractivity contribution < 1.29 is 20.1 Å². The molecule has 0 bridgehead atoms. The molecule has 0 radical (unpaired) electrons. The highest BCUT2D eigenvalue weighted by molar-refractivity contribution is 5.90. The van der Waals surface area contributed by atoms with E-state index in [2.05, 4.69) is 4.99 Å². The second kappa shape index (κ2) is 5.22. The first kappa shape index (κ1) is 12.6. The zero-order valence-corrected chi connectivity index (χ0v) is 9.82. The summed E-state index contributed by atoms with van der Waals surface area (Å²) in [4.78, 5) is 14.7. The van der Waals surface area contributed by atoms with Crippen LogP contribution in [0.3, 0.4) is 0 Å². The first-order valence-electron chi connectivity index (χ1n) is 5.46. The first-order chi connectivity index (χ1) is 9.08. The van der Waals surface area contributed by atoms with Crippen molar-refractivity contribution in [3.05, 3.63) is 53.6 Å². The van der Waals surface area contributed by atoms with Crippen molar-refractivity contribution in [3.8, 4) is 11.5 Å². The quantitative estimate of drug-likeness (QED) is 0.737. The van der Waals surface area contributed by atoms with E-state index in [1.807, 2.05) is 0 Å². The molecule has 0 unspecified atom stereocenters. The molecule has 0 aromatic heterocycles. The lowest BCUT2D eigenvalue weighted by Gasteiger charge is -2.01. The Balaban J connectivity index is 2.29. The number of nitrogens with zero attached hydrogens (tertiary/aromatic N) is 1. The number of rotatable bonds is 3. The third kappa shape index (κ3) is 2.90. The van der Waals surface area contributed by atoms with E-state index < -0.39 is 5.97 Å². The van der Waals surface area contributed by atoms with Crippen LogP contribution in [-0.4, -0.2) is 27.5 Å². The van der Waals surface area contributed by atoms with Gasteiger partial charge in [0.05, 0.1) is 5.56 Å². The molecule has 5 heteroatoms. The van der Waals surface area contributed by atoms with Crippen molar-refractivity contribution in [2.45, 2.75) is 0 Å². The number of aliphatic imine (C=N–C) groups is 1. The highest BCUT2D eigenvalue weighted by Crippen LogP contribution is 2.27. The lowest BCUT2D eigenvalue weighted by molar-refractivity contribution is 0.0696. The SMILES string of the molecule is O=C(O)c1ccc(N=Cc2ccccc2O)c(O)c1. The minimum Gasteiger partial charge on any atom is -0.507 e. The van der Waals surface area contributed by atoms with E-state index in [-0.39, 0.29) is 22.7 Å². The van der Waals surface area contributed by atoms with Gasteiger partial charge >= 0.3 is 5.97 Å². The molecule has 96 valence electrons. The van der Waals surface area contributed by atoms with Gasteiger partial charge in [0, 0.05) is 11.8 Å². The van der Waals surface area contributed by atoms with Crippen LogP contribution in [-0.2, 0) is 0 Å². The topological polar surface area (TPSA) is 90.1 Å². The van der Waals surface area contributed by atoms with Gasteiger partial charge < -0.3 is 15.3 Å². The van der Waals surface area contributed by atoms with E-state index in [9.17, 15) is 15.0 Å². The molecule has 3 N–H and O–H groups in total. The predicted octanol–water partition coefficient (Wildman–Crippen LogP) is 2.55. The number of aromatic hydroxyl groups is 2. The van der Waals surface area contributed by atoms with Crippen LogP contribution >= 0.6 is 0 Å². The third-order valence-corrected chi connectivity index (χ3v) is 2.50. The third-order valence-electron chi connectivity index (χ3n) is 2.50. The van der Waals surface area contributed by atoms with Gasteiger partial charge in [0.1, 0.15) is 17.2 Å². The van der Waals surface area contributed by atoms with E-state index in [1.54, 1.807) is 18.2 Å². The minimum absolute atomic E-state index is 0.0148. The average Bonchev–Trinajstić information content (AvgIpc) is 2.39. The molecule has 2 aromatic carbocycles. The van der Waals surface area contributed by atoms with Crippen molar-refractivity contribution in [1.82, 2.24) is 0 Å². The summed E-state index contributed by atoms with van der Waals surface area (Å²) >= 11 is 0. The number of carbonyl (C=O) groups is 1. The molecular formula is C14H11NO4. The molecule has 0 saturated carbocycles. The van der Waals surface area contributed by atoms with Gasteiger partial charge in [0.15, 0.2) is 0 Å². The number of para-hydroxylation sites is 1. The van der Waals surface area contributed by atoms with Crippen LogP contribution in [0.4, 0.5) is 5.69 Å². The van der Waals surface area contributed by atoms with Crippen LogP contribution in [0.2, 0.25) is 0 Å². The standard InChI is InChI=1S/C14H11NO4/c16-12-4-2-1-3-10(12)8-15-11-6-5-9(14(18)19)7-13(11)17/h1-8,16-17H,(H,18,19). The summed E-state index contributed by atoms with van der Waals surface area (Å²) in [6.45, 7) is 0. The molecule has 2 rings (SSSR count). The predicted molar refractivity (Wildman–Crippen MR) is 70.4 cm³/mol.